The summed E-state index contributed by atoms with van der Waals surface area (Å²) >= 11 is 5.66. The smallest absolute Gasteiger partial charge is 0.203 e. The number of aromatic nitrogens is 3. The van der Waals surface area contributed by atoms with Gasteiger partial charge < -0.3 is 9.64 Å². The van der Waals surface area contributed by atoms with Crippen molar-refractivity contribution in [1.29, 1.82) is 0 Å². The lowest BCUT2D eigenvalue weighted by Crippen LogP contribution is -3.16. The summed E-state index contributed by atoms with van der Waals surface area (Å²) in [6.45, 7) is 4.47. The van der Waals surface area contributed by atoms with E-state index in [-0.39, 0.29) is 17.5 Å². The maximum Gasteiger partial charge on any atom is 0.203 e. The molecule has 27 heavy (non-hydrogen) atoms. The minimum absolute atomic E-state index is 0.0617. The Hall–Kier alpha value is -1.55. The van der Waals surface area contributed by atoms with Crippen LogP contribution in [0.15, 0.2) is 30.3 Å². The van der Waals surface area contributed by atoms with Crippen molar-refractivity contribution in [1.82, 2.24) is 14.3 Å². The van der Waals surface area contributed by atoms with Gasteiger partial charge >= 0.3 is 0 Å². The van der Waals surface area contributed by atoms with Gasteiger partial charge in [-0.3, -0.25) is 4.57 Å². The monoisotopic (exact) mass is 411 g/mol. The molecule has 1 unspecified atom stereocenters. The molecule has 9 heteroatoms. The minimum Gasteiger partial charge on any atom is -0.379 e. The fourth-order valence-corrected chi connectivity index (χ4v) is 5.68. The predicted octanol–water partition coefficient (Wildman–Crippen LogP) is 0.447. The normalized spacial score (nSPS) is 20.0. The molecule has 1 fully saturated rings. The molecule has 0 amide bonds. The SMILES string of the molecule is COCC[NH+](Cn1nc(C)n(Cc2ccccc2)c1=S)[C@@H]1CCS(=O)(=O)C1. The van der Waals surface area contributed by atoms with Crippen LogP contribution in [0.1, 0.15) is 17.8 Å². The molecule has 0 saturated carbocycles. The highest BCUT2D eigenvalue weighted by atomic mass is 32.2. The molecule has 148 valence electrons. The summed E-state index contributed by atoms with van der Waals surface area (Å²) in [5.74, 6) is 1.35. The fourth-order valence-electron chi connectivity index (χ4n) is 3.56. The summed E-state index contributed by atoms with van der Waals surface area (Å²) in [6.07, 6.45) is 0.679. The van der Waals surface area contributed by atoms with Gasteiger partial charge in [-0.25, -0.2) is 8.42 Å². The molecular formula is C18H27N4O3S2+. The predicted molar refractivity (Wildman–Crippen MR) is 106 cm³/mol. The van der Waals surface area contributed by atoms with Crippen LogP contribution in [-0.2, 0) is 27.8 Å². The van der Waals surface area contributed by atoms with Gasteiger partial charge in [-0.15, -0.1) is 0 Å². The summed E-state index contributed by atoms with van der Waals surface area (Å²) < 4.78 is 33.5. The number of quaternary nitrogens is 1. The van der Waals surface area contributed by atoms with Gasteiger partial charge in [0.2, 0.25) is 4.77 Å². The van der Waals surface area contributed by atoms with E-state index in [0.717, 1.165) is 17.3 Å². The highest BCUT2D eigenvalue weighted by molar-refractivity contribution is 7.91. The summed E-state index contributed by atoms with van der Waals surface area (Å²) in [6, 6.07) is 10.2. The first-order valence-corrected chi connectivity index (χ1v) is 11.3. The second kappa shape index (κ2) is 8.64. The van der Waals surface area contributed by atoms with Gasteiger partial charge in [0.25, 0.3) is 0 Å². The zero-order valence-electron chi connectivity index (χ0n) is 15.8. The Morgan fingerprint density at radius 2 is 2.07 bits per heavy atom. The molecule has 0 radical (unpaired) electrons. The summed E-state index contributed by atoms with van der Waals surface area (Å²) in [7, 11) is -1.27. The molecular weight excluding hydrogens is 384 g/mol. The van der Waals surface area contributed by atoms with Crippen LogP contribution in [0.4, 0.5) is 0 Å². The fraction of sp³-hybridized carbons (Fsp3) is 0.556. The maximum atomic E-state index is 11.9. The topological polar surface area (TPSA) is 70.6 Å². The molecule has 1 aliphatic rings. The van der Waals surface area contributed by atoms with Crippen molar-refractivity contribution in [3.63, 3.8) is 0 Å². The third kappa shape index (κ3) is 5.04. The van der Waals surface area contributed by atoms with E-state index in [1.165, 1.54) is 5.56 Å². The molecule has 1 N–H and O–H groups in total. The van der Waals surface area contributed by atoms with E-state index in [1.807, 2.05) is 34.4 Å². The zero-order chi connectivity index (χ0) is 19.4. The van der Waals surface area contributed by atoms with Crippen LogP contribution in [0, 0.1) is 11.7 Å². The van der Waals surface area contributed by atoms with Gasteiger partial charge in [-0.05, 0) is 24.7 Å². The van der Waals surface area contributed by atoms with Crippen LogP contribution in [0.2, 0.25) is 0 Å². The Morgan fingerprint density at radius 1 is 1.33 bits per heavy atom. The Balaban J connectivity index is 1.80. The van der Waals surface area contributed by atoms with Gasteiger partial charge in [0, 0.05) is 13.5 Å². The number of ether oxygens (including phenoxy) is 1. The maximum absolute atomic E-state index is 11.9. The van der Waals surface area contributed by atoms with Crippen molar-refractivity contribution in [2.45, 2.75) is 32.6 Å². The molecule has 1 aliphatic heterocycles. The number of nitrogens with zero attached hydrogens (tertiary/aromatic N) is 3. The molecule has 2 heterocycles. The summed E-state index contributed by atoms with van der Waals surface area (Å²) in [5, 5.41) is 4.63. The van der Waals surface area contributed by atoms with Crippen molar-refractivity contribution in [3.05, 3.63) is 46.5 Å². The number of methoxy groups -OCH3 is 1. The first kappa shape index (κ1) is 20.2. The lowest BCUT2D eigenvalue weighted by molar-refractivity contribution is -0.945. The van der Waals surface area contributed by atoms with Crippen LogP contribution in [0.25, 0.3) is 0 Å². The lowest BCUT2D eigenvalue weighted by Gasteiger charge is -2.24. The first-order valence-electron chi connectivity index (χ1n) is 9.12. The highest BCUT2D eigenvalue weighted by Gasteiger charge is 2.35. The van der Waals surface area contributed by atoms with Crippen molar-refractivity contribution in [3.8, 4) is 0 Å². The van der Waals surface area contributed by atoms with E-state index in [1.54, 1.807) is 7.11 Å². The Labute approximate surface area is 165 Å². The van der Waals surface area contributed by atoms with Gasteiger partial charge in [0.15, 0.2) is 16.5 Å². The van der Waals surface area contributed by atoms with Crippen LogP contribution in [0.5, 0.6) is 0 Å². The van der Waals surface area contributed by atoms with Gasteiger partial charge in [-0.2, -0.15) is 9.78 Å². The number of aryl methyl sites for hydroxylation is 1. The van der Waals surface area contributed by atoms with Gasteiger partial charge in [0.05, 0.1) is 18.9 Å². The molecule has 0 bridgehead atoms. The largest absolute Gasteiger partial charge is 0.379 e. The third-order valence-corrected chi connectivity index (χ3v) is 7.28. The second-order valence-corrected chi connectivity index (χ2v) is 9.65. The van der Waals surface area contributed by atoms with Gasteiger partial charge in [0.1, 0.15) is 24.2 Å². The van der Waals surface area contributed by atoms with E-state index in [2.05, 4.69) is 17.2 Å². The van der Waals surface area contributed by atoms with E-state index in [4.69, 9.17) is 17.0 Å². The molecule has 0 aliphatic carbocycles. The quantitative estimate of drug-likeness (QED) is 0.639. The number of benzene rings is 1. The van der Waals surface area contributed by atoms with E-state index in [9.17, 15) is 8.42 Å². The average molecular weight is 412 g/mol. The van der Waals surface area contributed by atoms with Crippen molar-refractivity contribution < 1.29 is 18.1 Å². The molecule has 1 saturated heterocycles. The summed E-state index contributed by atoms with van der Waals surface area (Å²) in [5.41, 5.74) is 1.17. The number of hydrogen-bond donors (Lipinski definition) is 1. The van der Waals surface area contributed by atoms with Crippen LogP contribution >= 0.6 is 12.2 Å². The van der Waals surface area contributed by atoms with Crippen molar-refractivity contribution in [2.24, 2.45) is 0 Å². The Kier molecular flexibility index (Phi) is 6.46. The standard InChI is InChI=1S/C18H26N4O3S2/c1-15-19-22(18(26)21(15)12-16-6-4-3-5-7-16)14-20(9-10-25-2)17-8-11-27(23,24)13-17/h3-7,17H,8-14H2,1-2H3/p+1/t17-/m1/s1. The number of nitrogens with one attached hydrogen (secondary N) is 1. The van der Waals surface area contributed by atoms with Crippen molar-refractivity contribution >= 4 is 22.1 Å². The van der Waals surface area contributed by atoms with E-state index >= 15 is 0 Å². The third-order valence-electron chi connectivity index (χ3n) is 5.08. The first-order chi connectivity index (χ1) is 12.9. The van der Waals surface area contributed by atoms with Crippen LogP contribution in [-0.4, -0.2) is 60.6 Å². The molecule has 1 aromatic carbocycles. The van der Waals surface area contributed by atoms with Gasteiger partial charge in [-0.1, -0.05) is 30.3 Å². The van der Waals surface area contributed by atoms with Crippen molar-refractivity contribution in [2.75, 3.05) is 31.8 Å². The zero-order valence-corrected chi connectivity index (χ0v) is 17.4. The molecule has 3 rings (SSSR count). The molecule has 2 atom stereocenters. The second-order valence-electron chi connectivity index (χ2n) is 7.06. The number of sulfone groups is 1. The Morgan fingerprint density at radius 3 is 2.70 bits per heavy atom. The average Bonchev–Trinajstić information content (AvgIpc) is 3.13. The van der Waals surface area contributed by atoms with Crippen LogP contribution in [0.3, 0.4) is 0 Å². The molecule has 0 spiro atoms. The number of rotatable bonds is 8. The highest BCUT2D eigenvalue weighted by Crippen LogP contribution is 2.10. The van der Waals surface area contributed by atoms with Crippen LogP contribution < -0.4 is 4.90 Å². The minimum atomic E-state index is -2.93. The molecule has 1 aromatic heterocycles. The lowest BCUT2D eigenvalue weighted by atomic mass is 10.2. The Bertz CT molecular complexity index is 922. The van der Waals surface area contributed by atoms with E-state index < -0.39 is 9.84 Å². The summed E-state index contributed by atoms with van der Waals surface area (Å²) in [4.78, 5) is 1.15. The number of hydrogen-bond acceptors (Lipinski definition) is 5. The molecule has 7 nitrogen and oxygen atoms in total. The van der Waals surface area contributed by atoms with E-state index in [0.29, 0.717) is 31.0 Å². The molecule has 2 aromatic rings.